The lowest BCUT2D eigenvalue weighted by atomic mass is 9.93. The van der Waals surface area contributed by atoms with E-state index < -0.39 is 5.97 Å². The predicted octanol–water partition coefficient (Wildman–Crippen LogP) is 1.56. The molecule has 2 rings (SSSR count). The highest BCUT2D eigenvalue weighted by molar-refractivity contribution is 5.66. The molecule has 0 saturated carbocycles. The maximum absolute atomic E-state index is 10.6. The maximum Gasteiger partial charge on any atom is 0.303 e. The first kappa shape index (κ1) is 11.8. The largest absolute Gasteiger partial charge is 0.481 e. The third kappa shape index (κ3) is 3.41. The SMILES string of the molecule is O=C(O)CCC1CCCN(c2ccncn2)C1. The van der Waals surface area contributed by atoms with Crippen molar-refractivity contribution in [2.45, 2.75) is 25.7 Å². The Morgan fingerprint density at radius 3 is 3.18 bits per heavy atom. The van der Waals surface area contributed by atoms with E-state index in [0.29, 0.717) is 5.92 Å². The number of carboxylic acid groups (broad SMARTS) is 1. The first-order valence-electron chi connectivity index (χ1n) is 5.98. The lowest BCUT2D eigenvalue weighted by molar-refractivity contribution is -0.137. The second kappa shape index (κ2) is 5.61. The number of nitrogens with zero attached hydrogens (tertiary/aromatic N) is 3. The van der Waals surface area contributed by atoms with Gasteiger partial charge in [-0.1, -0.05) is 0 Å². The predicted molar refractivity (Wildman–Crippen MR) is 63.8 cm³/mol. The van der Waals surface area contributed by atoms with Gasteiger partial charge in [-0.3, -0.25) is 4.79 Å². The minimum atomic E-state index is -0.704. The average Bonchev–Trinajstić information content (AvgIpc) is 2.38. The number of hydrogen-bond donors (Lipinski definition) is 1. The van der Waals surface area contributed by atoms with Crippen molar-refractivity contribution in [1.82, 2.24) is 9.97 Å². The fourth-order valence-corrected chi connectivity index (χ4v) is 2.31. The fourth-order valence-electron chi connectivity index (χ4n) is 2.31. The zero-order chi connectivity index (χ0) is 12.1. The molecule has 1 N–H and O–H groups in total. The van der Waals surface area contributed by atoms with Crippen LogP contribution in [-0.2, 0) is 4.79 Å². The zero-order valence-electron chi connectivity index (χ0n) is 9.75. The Morgan fingerprint density at radius 1 is 1.59 bits per heavy atom. The van der Waals surface area contributed by atoms with Gasteiger partial charge >= 0.3 is 5.97 Å². The standard InChI is InChI=1S/C12H17N3O2/c16-12(17)4-3-10-2-1-7-15(8-10)11-5-6-13-9-14-11/h5-6,9-10H,1-4,7-8H2,(H,16,17). The summed E-state index contributed by atoms with van der Waals surface area (Å²) >= 11 is 0. The van der Waals surface area contributed by atoms with Crippen LogP contribution in [0.15, 0.2) is 18.6 Å². The molecule has 5 heteroatoms. The fraction of sp³-hybridized carbons (Fsp3) is 0.583. The lowest BCUT2D eigenvalue weighted by Crippen LogP contribution is -2.36. The number of anilines is 1. The first-order valence-corrected chi connectivity index (χ1v) is 5.98. The normalized spacial score (nSPS) is 20.2. The van der Waals surface area contributed by atoms with Crippen LogP contribution in [0.4, 0.5) is 5.82 Å². The Bertz CT molecular complexity index is 369. The molecule has 1 saturated heterocycles. The van der Waals surface area contributed by atoms with E-state index in [1.807, 2.05) is 6.07 Å². The topological polar surface area (TPSA) is 66.3 Å². The summed E-state index contributed by atoms with van der Waals surface area (Å²) in [7, 11) is 0. The Morgan fingerprint density at radius 2 is 2.47 bits per heavy atom. The van der Waals surface area contributed by atoms with Gasteiger partial charge in [-0.15, -0.1) is 0 Å². The summed E-state index contributed by atoms with van der Waals surface area (Å²) in [4.78, 5) is 20.9. The summed E-state index contributed by atoms with van der Waals surface area (Å²) < 4.78 is 0. The summed E-state index contributed by atoms with van der Waals surface area (Å²) in [6.45, 7) is 1.91. The van der Waals surface area contributed by atoms with Crippen LogP contribution in [-0.4, -0.2) is 34.1 Å². The third-order valence-corrected chi connectivity index (χ3v) is 3.18. The van der Waals surface area contributed by atoms with E-state index in [9.17, 15) is 4.79 Å². The van der Waals surface area contributed by atoms with Crippen molar-refractivity contribution in [3.05, 3.63) is 18.6 Å². The quantitative estimate of drug-likeness (QED) is 0.857. The first-order chi connectivity index (χ1) is 8.25. The minimum absolute atomic E-state index is 0.266. The van der Waals surface area contributed by atoms with E-state index >= 15 is 0 Å². The summed E-state index contributed by atoms with van der Waals surface area (Å²) in [5.74, 6) is 0.707. The lowest BCUT2D eigenvalue weighted by Gasteiger charge is -2.33. The van der Waals surface area contributed by atoms with Crippen molar-refractivity contribution in [1.29, 1.82) is 0 Å². The maximum atomic E-state index is 10.6. The molecule has 0 radical (unpaired) electrons. The Balaban J connectivity index is 1.91. The van der Waals surface area contributed by atoms with Crippen molar-refractivity contribution in [2.75, 3.05) is 18.0 Å². The van der Waals surface area contributed by atoms with Gasteiger partial charge in [0.1, 0.15) is 12.1 Å². The van der Waals surface area contributed by atoms with Crippen molar-refractivity contribution < 1.29 is 9.90 Å². The van der Waals surface area contributed by atoms with Gasteiger partial charge in [-0.2, -0.15) is 0 Å². The Kier molecular flexibility index (Phi) is 3.90. The van der Waals surface area contributed by atoms with Crippen molar-refractivity contribution in [3.63, 3.8) is 0 Å². The van der Waals surface area contributed by atoms with E-state index in [4.69, 9.17) is 5.11 Å². The molecular formula is C12H17N3O2. The summed E-state index contributed by atoms with van der Waals surface area (Å²) in [5.41, 5.74) is 0. The highest BCUT2D eigenvalue weighted by atomic mass is 16.4. The number of carbonyl (C=O) groups is 1. The van der Waals surface area contributed by atoms with Gasteiger partial charge in [-0.05, 0) is 31.2 Å². The zero-order valence-corrected chi connectivity index (χ0v) is 9.75. The summed E-state index contributed by atoms with van der Waals surface area (Å²) in [5, 5.41) is 8.69. The van der Waals surface area contributed by atoms with Gasteiger partial charge in [0.2, 0.25) is 0 Å². The molecule has 0 aromatic carbocycles. The van der Waals surface area contributed by atoms with Gasteiger partial charge < -0.3 is 10.0 Å². The number of aromatic nitrogens is 2. The molecule has 0 amide bonds. The second-order valence-corrected chi connectivity index (χ2v) is 4.45. The summed E-state index contributed by atoms with van der Waals surface area (Å²) in [6, 6.07) is 1.90. The molecule has 1 aromatic heterocycles. The van der Waals surface area contributed by atoms with Crippen LogP contribution >= 0.6 is 0 Å². The molecule has 1 aliphatic rings. The molecule has 0 bridgehead atoms. The summed E-state index contributed by atoms with van der Waals surface area (Å²) in [6.07, 6.45) is 6.54. The van der Waals surface area contributed by atoms with Gasteiger partial charge in [0.15, 0.2) is 0 Å². The van der Waals surface area contributed by atoms with Crippen LogP contribution in [0.3, 0.4) is 0 Å². The van der Waals surface area contributed by atoms with Gasteiger partial charge in [0.25, 0.3) is 0 Å². The highest BCUT2D eigenvalue weighted by Crippen LogP contribution is 2.24. The van der Waals surface area contributed by atoms with Crippen LogP contribution in [0.2, 0.25) is 0 Å². The van der Waals surface area contributed by atoms with E-state index in [-0.39, 0.29) is 6.42 Å². The van der Waals surface area contributed by atoms with Crippen LogP contribution in [0.5, 0.6) is 0 Å². The van der Waals surface area contributed by atoms with Crippen molar-refractivity contribution in [2.24, 2.45) is 5.92 Å². The van der Waals surface area contributed by atoms with Gasteiger partial charge in [0, 0.05) is 25.7 Å². The molecular weight excluding hydrogens is 218 g/mol. The van der Waals surface area contributed by atoms with Crippen LogP contribution < -0.4 is 4.90 Å². The number of hydrogen-bond acceptors (Lipinski definition) is 4. The second-order valence-electron chi connectivity index (χ2n) is 4.45. The van der Waals surface area contributed by atoms with E-state index in [1.54, 1.807) is 12.5 Å². The smallest absolute Gasteiger partial charge is 0.303 e. The van der Waals surface area contributed by atoms with E-state index in [1.165, 1.54) is 0 Å². The Labute approximate surface area is 100 Å². The number of aliphatic carboxylic acids is 1. The monoisotopic (exact) mass is 235 g/mol. The molecule has 1 atom stereocenters. The Hall–Kier alpha value is -1.65. The highest BCUT2D eigenvalue weighted by Gasteiger charge is 2.21. The molecule has 1 aromatic rings. The van der Waals surface area contributed by atoms with E-state index in [2.05, 4.69) is 14.9 Å². The third-order valence-electron chi connectivity index (χ3n) is 3.18. The van der Waals surface area contributed by atoms with Crippen LogP contribution in [0.1, 0.15) is 25.7 Å². The van der Waals surface area contributed by atoms with Crippen molar-refractivity contribution in [3.8, 4) is 0 Å². The molecule has 92 valence electrons. The van der Waals surface area contributed by atoms with E-state index in [0.717, 1.165) is 38.2 Å². The molecule has 17 heavy (non-hydrogen) atoms. The minimum Gasteiger partial charge on any atom is -0.481 e. The molecule has 2 heterocycles. The van der Waals surface area contributed by atoms with Crippen molar-refractivity contribution >= 4 is 11.8 Å². The van der Waals surface area contributed by atoms with Gasteiger partial charge in [0.05, 0.1) is 0 Å². The number of carboxylic acids is 1. The molecule has 1 aliphatic heterocycles. The molecule has 5 nitrogen and oxygen atoms in total. The van der Waals surface area contributed by atoms with Crippen LogP contribution in [0, 0.1) is 5.92 Å². The van der Waals surface area contributed by atoms with Gasteiger partial charge in [-0.25, -0.2) is 9.97 Å². The molecule has 0 aliphatic carbocycles. The molecule has 0 spiro atoms. The van der Waals surface area contributed by atoms with Crippen LogP contribution in [0.25, 0.3) is 0 Å². The molecule has 1 unspecified atom stereocenters. The number of rotatable bonds is 4. The number of piperidine rings is 1. The average molecular weight is 235 g/mol. The molecule has 1 fully saturated rings.